The number of ketones is 1. The molecular weight excluding hydrogens is 212 g/mol. The van der Waals surface area contributed by atoms with E-state index in [0.29, 0.717) is 12.3 Å². The third kappa shape index (κ3) is 2.84. The maximum atomic E-state index is 11.4. The zero-order valence-electron chi connectivity index (χ0n) is 10.9. The first-order chi connectivity index (χ1) is 7.97. The van der Waals surface area contributed by atoms with Crippen LogP contribution in [0.4, 0.5) is 5.82 Å². The SMILES string of the molecule is CC(C)(C)c1ccc(N2CCCC(=O)C2)nc1. The Morgan fingerprint density at radius 3 is 2.59 bits per heavy atom. The predicted octanol–water partition coefficient (Wildman–Crippen LogP) is 2.55. The summed E-state index contributed by atoms with van der Waals surface area (Å²) in [6.45, 7) is 7.98. The molecule has 0 N–H and O–H groups in total. The number of piperidine rings is 1. The van der Waals surface area contributed by atoms with Crippen LogP contribution in [-0.4, -0.2) is 23.9 Å². The summed E-state index contributed by atoms with van der Waals surface area (Å²) in [5.41, 5.74) is 1.35. The van der Waals surface area contributed by atoms with Crippen molar-refractivity contribution in [1.82, 2.24) is 4.98 Å². The molecule has 0 radical (unpaired) electrons. The number of nitrogens with zero attached hydrogens (tertiary/aromatic N) is 2. The summed E-state index contributed by atoms with van der Waals surface area (Å²) >= 11 is 0. The number of aromatic nitrogens is 1. The first-order valence-corrected chi connectivity index (χ1v) is 6.20. The zero-order chi connectivity index (χ0) is 12.5. The van der Waals surface area contributed by atoms with Crippen molar-refractivity contribution in [2.24, 2.45) is 0 Å². The number of Topliss-reactive ketones (excluding diaryl/α,β-unsaturated/α-hetero) is 1. The van der Waals surface area contributed by atoms with Crippen LogP contribution >= 0.6 is 0 Å². The van der Waals surface area contributed by atoms with Crippen LogP contribution in [-0.2, 0) is 10.2 Å². The Hall–Kier alpha value is -1.38. The van der Waals surface area contributed by atoms with Gasteiger partial charge >= 0.3 is 0 Å². The van der Waals surface area contributed by atoms with Crippen LogP contribution in [0.1, 0.15) is 39.2 Å². The number of anilines is 1. The van der Waals surface area contributed by atoms with Crippen LogP contribution in [0.3, 0.4) is 0 Å². The molecule has 0 unspecified atom stereocenters. The van der Waals surface area contributed by atoms with Gasteiger partial charge in [0.2, 0.25) is 0 Å². The van der Waals surface area contributed by atoms with E-state index in [9.17, 15) is 4.79 Å². The normalized spacial score (nSPS) is 17.4. The van der Waals surface area contributed by atoms with Crippen LogP contribution in [0.15, 0.2) is 18.3 Å². The van der Waals surface area contributed by atoms with Gasteiger partial charge in [-0.1, -0.05) is 26.8 Å². The summed E-state index contributed by atoms with van der Waals surface area (Å²) in [4.78, 5) is 17.9. The molecule has 1 aliphatic rings. The maximum absolute atomic E-state index is 11.4. The van der Waals surface area contributed by atoms with Crippen LogP contribution in [0.25, 0.3) is 0 Å². The molecule has 17 heavy (non-hydrogen) atoms. The molecule has 0 atom stereocenters. The monoisotopic (exact) mass is 232 g/mol. The van der Waals surface area contributed by atoms with Gasteiger partial charge in [0.25, 0.3) is 0 Å². The third-order valence-electron chi connectivity index (χ3n) is 3.19. The Balaban J connectivity index is 2.15. The molecule has 92 valence electrons. The predicted molar refractivity (Wildman–Crippen MR) is 69.4 cm³/mol. The van der Waals surface area contributed by atoms with Crippen LogP contribution < -0.4 is 4.90 Å². The zero-order valence-corrected chi connectivity index (χ0v) is 10.9. The van der Waals surface area contributed by atoms with Crippen molar-refractivity contribution >= 4 is 11.6 Å². The Bertz CT molecular complexity index is 403. The molecule has 2 heterocycles. The van der Waals surface area contributed by atoms with Crippen molar-refractivity contribution in [3.8, 4) is 0 Å². The Labute approximate surface area is 103 Å². The highest BCUT2D eigenvalue weighted by molar-refractivity contribution is 5.84. The molecule has 3 heteroatoms. The van der Waals surface area contributed by atoms with Crippen molar-refractivity contribution in [2.45, 2.75) is 39.0 Å². The van der Waals surface area contributed by atoms with Crippen LogP contribution in [0, 0.1) is 0 Å². The number of hydrogen-bond donors (Lipinski definition) is 0. The fourth-order valence-corrected chi connectivity index (χ4v) is 2.05. The standard InChI is InChI=1S/C14H20N2O/c1-14(2,3)11-6-7-13(15-9-11)16-8-4-5-12(17)10-16/h6-7,9H,4-5,8,10H2,1-3H3. The minimum atomic E-state index is 0.128. The summed E-state index contributed by atoms with van der Waals surface area (Å²) in [6.07, 6.45) is 3.59. The van der Waals surface area contributed by atoms with Crippen molar-refractivity contribution in [3.05, 3.63) is 23.9 Å². The minimum Gasteiger partial charge on any atom is -0.349 e. The van der Waals surface area contributed by atoms with Gasteiger partial charge in [0.05, 0.1) is 6.54 Å². The molecule has 2 rings (SSSR count). The van der Waals surface area contributed by atoms with Gasteiger partial charge in [-0.05, 0) is 23.5 Å². The highest BCUT2D eigenvalue weighted by Crippen LogP contribution is 2.23. The second-order valence-electron chi connectivity index (χ2n) is 5.72. The molecule has 1 aromatic rings. The van der Waals surface area contributed by atoms with Crippen LogP contribution in [0.2, 0.25) is 0 Å². The first-order valence-electron chi connectivity index (χ1n) is 6.20. The van der Waals surface area contributed by atoms with Gasteiger partial charge in [-0.2, -0.15) is 0 Å². The second-order valence-corrected chi connectivity index (χ2v) is 5.72. The molecule has 0 aromatic carbocycles. The Kier molecular flexibility index (Phi) is 3.18. The number of pyridine rings is 1. The molecule has 1 saturated heterocycles. The summed E-state index contributed by atoms with van der Waals surface area (Å²) in [5, 5.41) is 0. The average Bonchev–Trinajstić information content (AvgIpc) is 2.28. The molecule has 0 amide bonds. The summed E-state index contributed by atoms with van der Waals surface area (Å²) < 4.78 is 0. The van der Waals surface area contributed by atoms with Crippen LogP contribution in [0.5, 0.6) is 0 Å². The molecule has 1 aromatic heterocycles. The number of carbonyl (C=O) groups is 1. The third-order valence-corrected chi connectivity index (χ3v) is 3.19. The van der Waals surface area contributed by atoms with E-state index < -0.39 is 0 Å². The molecule has 3 nitrogen and oxygen atoms in total. The van der Waals surface area contributed by atoms with Gasteiger partial charge < -0.3 is 4.90 Å². The van der Waals surface area contributed by atoms with E-state index in [1.807, 2.05) is 12.3 Å². The van der Waals surface area contributed by atoms with Gasteiger partial charge in [0.15, 0.2) is 5.78 Å². The van der Waals surface area contributed by atoms with E-state index in [1.54, 1.807) is 0 Å². The summed E-state index contributed by atoms with van der Waals surface area (Å²) in [6, 6.07) is 4.14. The topological polar surface area (TPSA) is 33.2 Å². The fraction of sp³-hybridized carbons (Fsp3) is 0.571. The fourth-order valence-electron chi connectivity index (χ4n) is 2.05. The number of rotatable bonds is 1. The van der Waals surface area contributed by atoms with E-state index in [1.165, 1.54) is 5.56 Å². The summed E-state index contributed by atoms with van der Waals surface area (Å²) in [5.74, 6) is 1.24. The highest BCUT2D eigenvalue weighted by atomic mass is 16.1. The average molecular weight is 232 g/mol. The Morgan fingerprint density at radius 2 is 2.06 bits per heavy atom. The van der Waals surface area contributed by atoms with Crippen molar-refractivity contribution in [2.75, 3.05) is 18.0 Å². The van der Waals surface area contributed by atoms with Crippen molar-refractivity contribution in [1.29, 1.82) is 0 Å². The lowest BCUT2D eigenvalue weighted by atomic mass is 9.88. The van der Waals surface area contributed by atoms with Crippen molar-refractivity contribution < 1.29 is 4.79 Å². The Morgan fingerprint density at radius 1 is 1.29 bits per heavy atom. The smallest absolute Gasteiger partial charge is 0.152 e. The lowest BCUT2D eigenvalue weighted by Gasteiger charge is -2.27. The quantitative estimate of drug-likeness (QED) is 0.746. The molecule has 0 bridgehead atoms. The lowest BCUT2D eigenvalue weighted by molar-refractivity contribution is -0.118. The van der Waals surface area contributed by atoms with E-state index in [-0.39, 0.29) is 5.41 Å². The largest absolute Gasteiger partial charge is 0.349 e. The van der Waals surface area contributed by atoms with Gasteiger partial charge in [-0.25, -0.2) is 4.98 Å². The molecule has 0 saturated carbocycles. The molecule has 0 spiro atoms. The highest BCUT2D eigenvalue weighted by Gasteiger charge is 2.19. The molecule has 0 aliphatic carbocycles. The van der Waals surface area contributed by atoms with Gasteiger partial charge in [0.1, 0.15) is 5.82 Å². The molecule has 1 fully saturated rings. The van der Waals surface area contributed by atoms with Crippen molar-refractivity contribution in [3.63, 3.8) is 0 Å². The van der Waals surface area contributed by atoms with Gasteiger partial charge in [-0.3, -0.25) is 4.79 Å². The van der Waals surface area contributed by atoms with E-state index >= 15 is 0 Å². The minimum absolute atomic E-state index is 0.128. The number of hydrogen-bond acceptors (Lipinski definition) is 3. The van der Waals surface area contributed by atoms with Gasteiger partial charge in [-0.15, -0.1) is 0 Å². The maximum Gasteiger partial charge on any atom is 0.152 e. The second kappa shape index (κ2) is 4.47. The van der Waals surface area contributed by atoms with E-state index in [0.717, 1.165) is 25.2 Å². The van der Waals surface area contributed by atoms with E-state index in [4.69, 9.17) is 0 Å². The molecule has 1 aliphatic heterocycles. The summed E-state index contributed by atoms with van der Waals surface area (Å²) in [7, 11) is 0. The first kappa shape index (κ1) is 12.1. The lowest BCUT2D eigenvalue weighted by Crippen LogP contribution is -2.36. The number of carbonyl (C=O) groups excluding carboxylic acids is 1. The molecular formula is C14H20N2O. The van der Waals surface area contributed by atoms with E-state index in [2.05, 4.69) is 36.7 Å². The van der Waals surface area contributed by atoms with Gasteiger partial charge in [0, 0.05) is 19.2 Å².